The Hall–Kier alpha value is -7.31. The number of rotatable bonds is 6. The molecule has 0 spiro atoms. The summed E-state index contributed by atoms with van der Waals surface area (Å²) in [6.45, 7) is 16.0. The van der Waals surface area contributed by atoms with Gasteiger partial charge >= 0.3 is 0 Å². The van der Waals surface area contributed by atoms with Crippen LogP contribution in [0.2, 0.25) is 0 Å². The minimum absolute atomic E-state index is 0.0126. The van der Waals surface area contributed by atoms with Crippen LogP contribution in [0.3, 0.4) is 0 Å². The summed E-state index contributed by atoms with van der Waals surface area (Å²) in [7, 11) is 0. The summed E-state index contributed by atoms with van der Waals surface area (Å²) in [6.07, 6.45) is 0. The maximum atomic E-state index is 7.16. The lowest BCUT2D eigenvalue weighted by atomic mass is 9.34. The van der Waals surface area contributed by atoms with Gasteiger partial charge in [0.2, 0.25) is 0 Å². The molecule has 4 heterocycles. The fraction of sp³-hybridized carbons (Fsp3) is 0.169. The molecule has 2 aromatic heterocycles. The van der Waals surface area contributed by atoms with Crippen molar-refractivity contribution in [2.24, 2.45) is 0 Å². The minimum Gasteiger partial charge on any atom is -0.458 e. The molecular formula is C59H50BN3O2. The number of ether oxygens (including phenoxy) is 1. The molecule has 2 aliphatic rings. The fourth-order valence-corrected chi connectivity index (χ4v) is 10.5. The summed E-state index contributed by atoms with van der Waals surface area (Å²) < 4.78 is 16.6. The Labute approximate surface area is 381 Å². The number of aromatic nitrogens is 2. The molecule has 0 unspecified atom stereocenters. The van der Waals surface area contributed by atoms with Crippen LogP contribution in [-0.4, -0.2) is 16.3 Å². The Bertz CT molecular complexity index is 3510. The third-order valence-electron chi connectivity index (χ3n) is 13.7. The summed E-state index contributed by atoms with van der Waals surface area (Å²) in [5.41, 5.74) is 19.1. The number of para-hydroxylation sites is 4. The molecule has 12 rings (SSSR count). The van der Waals surface area contributed by atoms with E-state index in [2.05, 4.69) is 222 Å². The maximum Gasteiger partial charge on any atom is 0.256 e. The molecule has 2 aliphatic heterocycles. The molecule has 0 radical (unpaired) electrons. The number of benzene rings is 8. The first-order chi connectivity index (χ1) is 31.5. The van der Waals surface area contributed by atoms with Crippen molar-refractivity contribution in [3.63, 3.8) is 0 Å². The molecule has 0 bridgehead atoms. The van der Waals surface area contributed by atoms with Gasteiger partial charge in [0.05, 0.1) is 22.3 Å². The van der Waals surface area contributed by atoms with Crippen molar-refractivity contribution in [2.75, 3.05) is 4.90 Å². The highest BCUT2D eigenvalue weighted by molar-refractivity contribution is 6.99. The molecular weight excluding hydrogens is 793 g/mol. The third kappa shape index (κ3) is 6.10. The molecule has 0 amide bonds. The smallest absolute Gasteiger partial charge is 0.256 e. The van der Waals surface area contributed by atoms with E-state index < -0.39 is 0 Å². The molecule has 0 fully saturated rings. The second kappa shape index (κ2) is 14.6. The maximum absolute atomic E-state index is 7.16. The number of fused-ring (bicyclic) bond motifs is 8. The molecule has 0 N–H and O–H groups in total. The van der Waals surface area contributed by atoms with Gasteiger partial charge in [0.25, 0.3) is 6.71 Å². The molecule has 10 aromatic rings. The Morgan fingerprint density at radius 1 is 0.585 bits per heavy atom. The number of hydrogen-bond acceptors (Lipinski definition) is 4. The average Bonchev–Trinajstić information content (AvgIpc) is 3.88. The molecule has 0 saturated heterocycles. The van der Waals surface area contributed by atoms with Crippen LogP contribution in [0, 0.1) is 0 Å². The fourth-order valence-electron chi connectivity index (χ4n) is 10.5. The zero-order chi connectivity index (χ0) is 44.3. The topological polar surface area (TPSA) is 43.4 Å². The minimum atomic E-state index is -0.0488. The van der Waals surface area contributed by atoms with Gasteiger partial charge in [-0.3, -0.25) is 4.57 Å². The normalized spacial score (nSPS) is 13.2. The number of imidazole rings is 1. The molecule has 8 aromatic carbocycles. The average molecular weight is 844 g/mol. The number of hydrogen-bond donors (Lipinski definition) is 0. The molecule has 0 atom stereocenters. The SMILES string of the molecule is CC(C)c1cc(-c2ccccc2)cc(C(C)C)c1-n1c(-c2cccc3c2oc2cc4c(cc23)Oc2cccc3c2B4c2ccccc2N3c2cccc(C(C)(C)C)c2)nc2ccccc21. The van der Waals surface area contributed by atoms with Crippen molar-refractivity contribution in [1.82, 2.24) is 9.55 Å². The van der Waals surface area contributed by atoms with Gasteiger partial charge in [-0.15, -0.1) is 0 Å². The van der Waals surface area contributed by atoms with Crippen LogP contribution < -0.4 is 26.0 Å². The van der Waals surface area contributed by atoms with Crippen molar-refractivity contribution < 1.29 is 9.15 Å². The lowest BCUT2D eigenvalue weighted by Crippen LogP contribution is -2.59. The largest absolute Gasteiger partial charge is 0.458 e. The Morgan fingerprint density at radius 2 is 1.29 bits per heavy atom. The van der Waals surface area contributed by atoms with Crippen molar-refractivity contribution in [3.05, 3.63) is 180 Å². The Kier molecular flexibility index (Phi) is 8.84. The molecule has 5 nitrogen and oxygen atoms in total. The highest BCUT2D eigenvalue weighted by Gasteiger charge is 2.42. The molecule has 0 saturated carbocycles. The lowest BCUT2D eigenvalue weighted by Gasteiger charge is -2.40. The Balaban J connectivity index is 1.06. The molecule has 65 heavy (non-hydrogen) atoms. The van der Waals surface area contributed by atoms with Gasteiger partial charge in [-0.05, 0) is 134 Å². The number of anilines is 3. The zero-order valence-electron chi connectivity index (χ0n) is 38.0. The summed E-state index contributed by atoms with van der Waals surface area (Å²) in [5, 5.41) is 2.05. The van der Waals surface area contributed by atoms with E-state index in [9.17, 15) is 0 Å². The number of furan rings is 1. The van der Waals surface area contributed by atoms with Crippen molar-refractivity contribution in [3.8, 4) is 39.7 Å². The van der Waals surface area contributed by atoms with E-state index in [0.29, 0.717) is 0 Å². The third-order valence-corrected chi connectivity index (χ3v) is 13.7. The van der Waals surface area contributed by atoms with Crippen LogP contribution in [0.4, 0.5) is 17.1 Å². The van der Waals surface area contributed by atoms with Gasteiger partial charge in [-0.1, -0.05) is 139 Å². The van der Waals surface area contributed by atoms with E-state index in [1.54, 1.807) is 0 Å². The standard InChI is InChI=1S/C59H50BN3O2/c1-35(2)43-30-38(37-18-9-8-10-19-37)31-44(36(3)4)56(43)63-50-27-14-12-25-48(50)61-58(63)42-23-16-22-41-45-33-54-47(34-53(45)65-57(41)42)60-46-24-11-13-26-49(46)62(51-28-17-29-52(64-54)55(51)60)40-21-15-20-39(32-40)59(5,6)7/h8-36H,1-7H3. The van der Waals surface area contributed by atoms with Gasteiger partial charge in [0.1, 0.15) is 28.5 Å². The van der Waals surface area contributed by atoms with Gasteiger partial charge < -0.3 is 14.1 Å². The van der Waals surface area contributed by atoms with E-state index in [1.807, 2.05) is 0 Å². The molecule has 316 valence electrons. The lowest BCUT2D eigenvalue weighted by molar-refractivity contribution is 0.488. The van der Waals surface area contributed by atoms with E-state index in [1.165, 1.54) is 50.1 Å². The monoisotopic (exact) mass is 843 g/mol. The van der Waals surface area contributed by atoms with E-state index in [0.717, 1.165) is 72.7 Å². The van der Waals surface area contributed by atoms with Crippen LogP contribution in [0.25, 0.3) is 61.2 Å². The highest BCUT2D eigenvalue weighted by atomic mass is 16.5. The van der Waals surface area contributed by atoms with Crippen LogP contribution in [0.1, 0.15) is 77.0 Å². The predicted octanol–water partition coefficient (Wildman–Crippen LogP) is 14.2. The van der Waals surface area contributed by atoms with Crippen LogP contribution >= 0.6 is 0 Å². The van der Waals surface area contributed by atoms with Crippen molar-refractivity contribution >= 4 is 73.1 Å². The van der Waals surface area contributed by atoms with Crippen molar-refractivity contribution in [2.45, 2.75) is 65.7 Å². The van der Waals surface area contributed by atoms with E-state index in [4.69, 9.17) is 14.1 Å². The summed E-state index contributed by atoms with van der Waals surface area (Å²) in [5.74, 6) is 3.11. The summed E-state index contributed by atoms with van der Waals surface area (Å²) in [4.78, 5) is 7.87. The first-order valence-corrected chi connectivity index (χ1v) is 23.0. The molecule has 6 heteroatoms. The second-order valence-corrected chi connectivity index (χ2v) is 19.5. The van der Waals surface area contributed by atoms with Gasteiger partial charge in [0.15, 0.2) is 0 Å². The van der Waals surface area contributed by atoms with Crippen LogP contribution in [0.5, 0.6) is 11.5 Å². The van der Waals surface area contributed by atoms with Crippen LogP contribution in [-0.2, 0) is 5.41 Å². The van der Waals surface area contributed by atoms with E-state index in [-0.39, 0.29) is 24.0 Å². The summed E-state index contributed by atoms with van der Waals surface area (Å²) in [6, 6.07) is 59.3. The number of nitrogens with zero attached hydrogens (tertiary/aromatic N) is 3. The molecule has 0 aliphatic carbocycles. The zero-order valence-corrected chi connectivity index (χ0v) is 38.0. The first kappa shape index (κ1) is 39.3. The first-order valence-electron chi connectivity index (χ1n) is 23.0. The van der Waals surface area contributed by atoms with Crippen LogP contribution in [0.15, 0.2) is 168 Å². The summed E-state index contributed by atoms with van der Waals surface area (Å²) >= 11 is 0. The van der Waals surface area contributed by atoms with Gasteiger partial charge in [-0.25, -0.2) is 4.98 Å². The predicted molar refractivity (Wildman–Crippen MR) is 272 cm³/mol. The Morgan fingerprint density at radius 3 is 2.08 bits per heavy atom. The van der Waals surface area contributed by atoms with Gasteiger partial charge in [0, 0.05) is 27.8 Å². The van der Waals surface area contributed by atoms with Crippen molar-refractivity contribution in [1.29, 1.82) is 0 Å². The van der Waals surface area contributed by atoms with Gasteiger partial charge in [-0.2, -0.15) is 0 Å². The highest BCUT2D eigenvalue weighted by Crippen LogP contribution is 2.45. The second-order valence-electron chi connectivity index (χ2n) is 19.5. The van der Waals surface area contributed by atoms with E-state index >= 15 is 0 Å². The quantitative estimate of drug-likeness (QED) is 0.156.